The van der Waals surface area contributed by atoms with Gasteiger partial charge in [-0.15, -0.1) is 0 Å². The molecular weight excluding hydrogens is 176 g/mol. The van der Waals surface area contributed by atoms with Gasteiger partial charge in [-0.3, -0.25) is 0 Å². The van der Waals surface area contributed by atoms with E-state index < -0.39 is 0 Å². The van der Waals surface area contributed by atoms with E-state index in [4.69, 9.17) is 0 Å². The molecule has 0 aromatic heterocycles. The highest BCUT2D eigenvalue weighted by Gasteiger charge is 2.02. The van der Waals surface area contributed by atoms with Crippen LogP contribution in [0.2, 0.25) is 0 Å². The standard InChI is InChI=1S/C12H21S/c13-12-10-8-6-4-2-1-3-5-7-9-11-12/h2,4,7,12-13H,1,3,5-6,8-11H2/b4-2-. The molecule has 0 bridgehead atoms. The summed E-state index contributed by atoms with van der Waals surface area (Å²) in [4.78, 5) is 0. The normalized spacial score (nSPS) is 30.1. The van der Waals surface area contributed by atoms with Gasteiger partial charge in [0.25, 0.3) is 0 Å². The van der Waals surface area contributed by atoms with Gasteiger partial charge in [-0.05, 0) is 57.8 Å². The van der Waals surface area contributed by atoms with Crippen LogP contribution < -0.4 is 0 Å². The Hall–Kier alpha value is 0.0900. The van der Waals surface area contributed by atoms with Crippen LogP contribution >= 0.6 is 12.6 Å². The Labute approximate surface area is 88.2 Å². The quantitative estimate of drug-likeness (QED) is 0.437. The van der Waals surface area contributed by atoms with Gasteiger partial charge in [0.2, 0.25) is 0 Å². The van der Waals surface area contributed by atoms with E-state index in [0.29, 0.717) is 5.25 Å². The summed E-state index contributed by atoms with van der Waals surface area (Å²) >= 11 is 4.58. The molecule has 0 saturated carbocycles. The first kappa shape index (κ1) is 11.2. The Morgan fingerprint density at radius 1 is 0.846 bits per heavy atom. The highest BCUT2D eigenvalue weighted by atomic mass is 32.1. The maximum absolute atomic E-state index is 4.58. The lowest BCUT2D eigenvalue weighted by Gasteiger charge is -2.09. The Morgan fingerprint density at radius 2 is 1.62 bits per heavy atom. The lowest BCUT2D eigenvalue weighted by atomic mass is 10.0. The van der Waals surface area contributed by atoms with E-state index in [0.717, 1.165) is 0 Å². The zero-order valence-corrected chi connectivity index (χ0v) is 9.31. The predicted octanol–water partition coefficient (Wildman–Crippen LogP) is 4.18. The minimum Gasteiger partial charge on any atom is -0.176 e. The van der Waals surface area contributed by atoms with Gasteiger partial charge in [0.15, 0.2) is 0 Å². The van der Waals surface area contributed by atoms with E-state index in [2.05, 4.69) is 31.2 Å². The maximum atomic E-state index is 4.58. The molecule has 0 aromatic carbocycles. The predicted molar refractivity (Wildman–Crippen MR) is 63.2 cm³/mol. The van der Waals surface area contributed by atoms with Crippen LogP contribution in [0.1, 0.15) is 51.4 Å². The van der Waals surface area contributed by atoms with Crippen molar-refractivity contribution in [3.8, 4) is 0 Å². The van der Waals surface area contributed by atoms with Gasteiger partial charge >= 0.3 is 0 Å². The zero-order chi connectivity index (χ0) is 9.36. The van der Waals surface area contributed by atoms with Crippen molar-refractivity contribution in [2.24, 2.45) is 0 Å². The average molecular weight is 197 g/mol. The summed E-state index contributed by atoms with van der Waals surface area (Å²) in [6.07, 6.45) is 17.3. The smallest absolute Gasteiger partial charge is 0.00170 e. The molecule has 1 atom stereocenters. The van der Waals surface area contributed by atoms with E-state index in [1.807, 2.05) is 0 Å². The summed E-state index contributed by atoms with van der Waals surface area (Å²) in [5.74, 6) is 0. The van der Waals surface area contributed by atoms with Crippen LogP contribution in [0, 0.1) is 6.42 Å². The molecular formula is C12H21S. The number of hydrogen-bond donors (Lipinski definition) is 1. The lowest BCUT2D eigenvalue weighted by Crippen LogP contribution is -1.98. The molecule has 0 aromatic rings. The molecule has 0 nitrogen and oxygen atoms in total. The first-order chi connectivity index (χ1) is 6.39. The molecule has 0 fully saturated rings. The van der Waals surface area contributed by atoms with Gasteiger partial charge in [0.1, 0.15) is 0 Å². The number of rotatable bonds is 0. The molecule has 0 aliphatic heterocycles. The van der Waals surface area contributed by atoms with Crippen molar-refractivity contribution >= 4 is 12.6 Å². The number of hydrogen-bond acceptors (Lipinski definition) is 1. The van der Waals surface area contributed by atoms with Gasteiger partial charge in [0, 0.05) is 5.25 Å². The zero-order valence-electron chi connectivity index (χ0n) is 8.41. The molecule has 0 spiro atoms. The van der Waals surface area contributed by atoms with Crippen LogP contribution in [0.5, 0.6) is 0 Å². The van der Waals surface area contributed by atoms with Crippen LogP contribution in [0.3, 0.4) is 0 Å². The van der Waals surface area contributed by atoms with Crippen LogP contribution in [0.25, 0.3) is 0 Å². The fourth-order valence-electron chi connectivity index (χ4n) is 1.69. The molecule has 0 heterocycles. The fraction of sp³-hybridized carbons (Fsp3) is 0.750. The van der Waals surface area contributed by atoms with Crippen molar-refractivity contribution in [1.82, 2.24) is 0 Å². The van der Waals surface area contributed by atoms with Crippen LogP contribution in [-0.4, -0.2) is 5.25 Å². The maximum Gasteiger partial charge on any atom is 0.00170 e. The first-order valence-electron chi connectivity index (χ1n) is 5.54. The summed E-state index contributed by atoms with van der Waals surface area (Å²) in [6, 6.07) is 0. The van der Waals surface area contributed by atoms with Gasteiger partial charge in [0.05, 0.1) is 0 Å². The van der Waals surface area contributed by atoms with Crippen molar-refractivity contribution in [3.05, 3.63) is 18.6 Å². The van der Waals surface area contributed by atoms with E-state index in [1.54, 1.807) is 0 Å². The van der Waals surface area contributed by atoms with Gasteiger partial charge in [-0.25, -0.2) is 0 Å². The molecule has 0 amide bonds. The molecule has 13 heavy (non-hydrogen) atoms. The third kappa shape index (κ3) is 6.20. The van der Waals surface area contributed by atoms with Crippen LogP contribution in [0.4, 0.5) is 0 Å². The van der Waals surface area contributed by atoms with E-state index >= 15 is 0 Å². The minimum atomic E-state index is 0.629. The highest BCUT2D eigenvalue weighted by Crippen LogP contribution is 2.16. The van der Waals surface area contributed by atoms with E-state index in [-0.39, 0.29) is 0 Å². The van der Waals surface area contributed by atoms with E-state index in [1.165, 1.54) is 51.4 Å². The van der Waals surface area contributed by atoms with Crippen molar-refractivity contribution in [1.29, 1.82) is 0 Å². The second-order valence-corrected chi connectivity index (χ2v) is 4.58. The molecule has 1 radical (unpaired) electrons. The summed E-state index contributed by atoms with van der Waals surface area (Å²) in [7, 11) is 0. The SMILES string of the molecule is SC1CC[CH]CCC/C=C\CCC1. The summed E-state index contributed by atoms with van der Waals surface area (Å²) < 4.78 is 0. The Balaban J connectivity index is 2.20. The molecule has 0 saturated heterocycles. The molecule has 1 unspecified atom stereocenters. The molecule has 1 rings (SSSR count). The number of thiol groups is 1. The monoisotopic (exact) mass is 197 g/mol. The average Bonchev–Trinajstić information content (AvgIpc) is 2.11. The van der Waals surface area contributed by atoms with Gasteiger partial charge in [-0.2, -0.15) is 12.6 Å². The molecule has 1 aliphatic rings. The Bertz CT molecular complexity index is 140. The number of allylic oxidation sites excluding steroid dienone is 2. The third-order valence-electron chi connectivity index (χ3n) is 2.56. The fourth-order valence-corrected chi connectivity index (χ4v) is 2.02. The van der Waals surface area contributed by atoms with Crippen molar-refractivity contribution in [3.63, 3.8) is 0 Å². The minimum absolute atomic E-state index is 0.629. The van der Waals surface area contributed by atoms with Gasteiger partial charge < -0.3 is 0 Å². The second-order valence-electron chi connectivity index (χ2n) is 3.85. The first-order valence-corrected chi connectivity index (χ1v) is 6.06. The summed E-state index contributed by atoms with van der Waals surface area (Å²) in [5, 5.41) is 0.629. The van der Waals surface area contributed by atoms with Crippen molar-refractivity contribution in [2.45, 2.75) is 56.6 Å². The second kappa shape index (κ2) is 7.49. The Kier molecular flexibility index (Phi) is 6.43. The topological polar surface area (TPSA) is 0 Å². The lowest BCUT2D eigenvalue weighted by molar-refractivity contribution is 0.641. The third-order valence-corrected chi connectivity index (χ3v) is 3.07. The molecule has 1 heteroatoms. The van der Waals surface area contributed by atoms with Gasteiger partial charge in [-0.1, -0.05) is 12.2 Å². The highest BCUT2D eigenvalue weighted by molar-refractivity contribution is 7.80. The molecule has 1 aliphatic carbocycles. The van der Waals surface area contributed by atoms with Crippen molar-refractivity contribution < 1.29 is 0 Å². The largest absolute Gasteiger partial charge is 0.176 e. The van der Waals surface area contributed by atoms with Crippen LogP contribution in [-0.2, 0) is 0 Å². The van der Waals surface area contributed by atoms with E-state index in [9.17, 15) is 0 Å². The molecule has 0 N–H and O–H groups in total. The van der Waals surface area contributed by atoms with Crippen LogP contribution in [0.15, 0.2) is 12.2 Å². The summed E-state index contributed by atoms with van der Waals surface area (Å²) in [6.45, 7) is 0. The Morgan fingerprint density at radius 3 is 2.46 bits per heavy atom. The summed E-state index contributed by atoms with van der Waals surface area (Å²) in [5.41, 5.74) is 0. The van der Waals surface area contributed by atoms with Crippen molar-refractivity contribution in [2.75, 3.05) is 0 Å². The molecule has 75 valence electrons.